The van der Waals surface area contributed by atoms with Crippen LogP contribution in [-0.4, -0.2) is 11.1 Å². The van der Waals surface area contributed by atoms with Crippen molar-refractivity contribution in [3.05, 3.63) is 64.7 Å². The van der Waals surface area contributed by atoms with Crippen LogP contribution in [0.3, 0.4) is 0 Å². The van der Waals surface area contributed by atoms with Gasteiger partial charge in [-0.3, -0.25) is 0 Å². The fraction of sp³-hybridized carbons (Fsp3) is 0.0667. The maximum atomic E-state index is 13.7. The molecule has 3 nitrogen and oxygen atoms in total. The number of halogens is 2. The molecule has 0 spiro atoms. The number of carbonyl (C=O) groups is 1. The Bertz CT molecular complexity index is 741. The Kier molecular flexibility index (Phi) is 4.55. The first-order valence-electron chi connectivity index (χ1n) is 5.85. The number of benzene rings is 2. The average Bonchev–Trinajstić information content (AvgIpc) is 2.47. The molecule has 2 aromatic carbocycles. The highest BCUT2D eigenvalue weighted by Gasteiger charge is 2.10. The molecule has 1 N–H and O–H groups in total. The van der Waals surface area contributed by atoms with E-state index >= 15 is 0 Å². The Hall–Kier alpha value is -2.39. The second-order valence-electron chi connectivity index (χ2n) is 4.16. The lowest BCUT2D eigenvalue weighted by atomic mass is 10.1. The van der Waals surface area contributed by atoms with Crippen molar-refractivity contribution in [1.29, 1.82) is 5.26 Å². The third-order valence-corrected chi connectivity index (χ3v) is 3.82. The Balaban J connectivity index is 2.18. The molecule has 0 fully saturated rings. The lowest BCUT2D eigenvalue weighted by Crippen LogP contribution is -1.97. The van der Waals surface area contributed by atoms with Crippen molar-refractivity contribution in [3.8, 4) is 6.07 Å². The topological polar surface area (TPSA) is 61.1 Å². The summed E-state index contributed by atoms with van der Waals surface area (Å²) < 4.78 is 27.3. The van der Waals surface area contributed by atoms with Crippen molar-refractivity contribution in [2.45, 2.75) is 10.6 Å². The molecule has 106 valence electrons. The maximum absolute atomic E-state index is 13.7. The van der Waals surface area contributed by atoms with Crippen molar-refractivity contribution >= 4 is 17.7 Å². The Morgan fingerprint density at radius 3 is 2.57 bits per heavy atom. The van der Waals surface area contributed by atoms with Gasteiger partial charge in [0.25, 0.3) is 0 Å². The summed E-state index contributed by atoms with van der Waals surface area (Å²) in [6.45, 7) is 0. The van der Waals surface area contributed by atoms with Crippen LogP contribution < -0.4 is 0 Å². The predicted octanol–water partition coefficient (Wildman–Crippen LogP) is 3.83. The zero-order valence-corrected chi connectivity index (χ0v) is 11.5. The third kappa shape index (κ3) is 3.58. The zero-order valence-electron chi connectivity index (χ0n) is 10.6. The highest BCUT2D eigenvalue weighted by atomic mass is 32.2. The van der Waals surface area contributed by atoms with E-state index in [1.807, 2.05) is 6.07 Å². The first-order chi connectivity index (χ1) is 10.0. The van der Waals surface area contributed by atoms with E-state index < -0.39 is 17.6 Å². The van der Waals surface area contributed by atoms with Crippen molar-refractivity contribution in [3.63, 3.8) is 0 Å². The SMILES string of the molecule is N#Cc1ccc(CSc2cc(C(=O)O)ccc2F)c(F)c1. The molecule has 0 unspecified atom stereocenters. The minimum absolute atomic E-state index is 0.0285. The Labute approximate surface area is 123 Å². The van der Waals surface area contributed by atoms with Gasteiger partial charge in [-0.25, -0.2) is 13.6 Å². The molecule has 0 amide bonds. The number of nitrogens with zero attached hydrogens (tertiary/aromatic N) is 1. The minimum Gasteiger partial charge on any atom is -0.478 e. The molecule has 21 heavy (non-hydrogen) atoms. The van der Waals surface area contributed by atoms with Crippen molar-refractivity contribution in [2.24, 2.45) is 0 Å². The van der Waals surface area contributed by atoms with E-state index in [1.54, 1.807) is 0 Å². The van der Waals surface area contributed by atoms with Gasteiger partial charge in [-0.05, 0) is 35.9 Å². The molecule has 0 radical (unpaired) electrons. The number of thioether (sulfide) groups is 1. The molecule has 0 aromatic heterocycles. The summed E-state index contributed by atoms with van der Waals surface area (Å²) in [7, 11) is 0. The number of carboxylic acid groups (broad SMARTS) is 1. The lowest BCUT2D eigenvalue weighted by Gasteiger charge is -2.06. The molecule has 2 rings (SSSR count). The van der Waals surface area contributed by atoms with Crippen LogP contribution in [0.1, 0.15) is 21.5 Å². The molecular formula is C15H9F2NO2S. The number of carboxylic acids is 1. The number of aromatic carboxylic acids is 1. The third-order valence-electron chi connectivity index (χ3n) is 2.74. The minimum atomic E-state index is -1.15. The maximum Gasteiger partial charge on any atom is 0.335 e. The fourth-order valence-corrected chi connectivity index (χ4v) is 2.60. The van der Waals surface area contributed by atoms with Crippen molar-refractivity contribution in [2.75, 3.05) is 0 Å². The summed E-state index contributed by atoms with van der Waals surface area (Å²) in [5.74, 6) is -2.12. The smallest absolute Gasteiger partial charge is 0.335 e. The number of hydrogen-bond acceptors (Lipinski definition) is 3. The van der Waals surface area contributed by atoms with Crippen molar-refractivity contribution < 1.29 is 18.7 Å². The highest BCUT2D eigenvalue weighted by molar-refractivity contribution is 7.98. The van der Waals surface area contributed by atoms with E-state index in [2.05, 4.69) is 0 Å². The molecule has 0 heterocycles. The Morgan fingerprint density at radius 2 is 1.95 bits per heavy atom. The average molecular weight is 305 g/mol. The summed E-state index contributed by atoms with van der Waals surface area (Å²) in [6, 6.07) is 9.32. The molecule has 0 atom stereocenters. The van der Waals surface area contributed by atoms with E-state index in [4.69, 9.17) is 10.4 Å². The van der Waals surface area contributed by atoms with Crippen LogP contribution >= 0.6 is 11.8 Å². The summed E-state index contributed by atoms with van der Waals surface area (Å²) in [5.41, 5.74) is 0.499. The van der Waals surface area contributed by atoms with Crippen LogP contribution in [-0.2, 0) is 5.75 Å². The van der Waals surface area contributed by atoms with Crippen LogP contribution in [0.25, 0.3) is 0 Å². The summed E-state index contributed by atoms with van der Waals surface area (Å²) in [5, 5.41) is 17.5. The molecule has 0 saturated heterocycles. The van der Waals surface area contributed by atoms with Gasteiger partial charge < -0.3 is 5.11 Å². The number of nitriles is 1. The van der Waals surface area contributed by atoms with Crippen LogP contribution in [0.5, 0.6) is 0 Å². The van der Waals surface area contributed by atoms with Crippen LogP contribution in [0, 0.1) is 23.0 Å². The largest absolute Gasteiger partial charge is 0.478 e. The van der Waals surface area contributed by atoms with E-state index in [0.717, 1.165) is 23.9 Å². The van der Waals surface area contributed by atoms with Crippen molar-refractivity contribution in [1.82, 2.24) is 0 Å². The van der Waals surface area contributed by atoms with Gasteiger partial charge in [0.05, 0.1) is 17.2 Å². The highest BCUT2D eigenvalue weighted by Crippen LogP contribution is 2.27. The molecule has 2 aromatic rings. The predicted molar refractivity (Wildman–Crippen MR) is 74.0 cm³/mol. The second kappa shape index (κ2) is 6.37. The van der Waals surface area contributed by atoms with Gasteiger partial charge in [-0.1, -0.05) is 6.07 Å². The van der Waals surface area contributed by atoms with E-state index in [1.165, 1.54) is 24.3 Å². The molecule has 0 aliphatic heterocycles. The number of hydrogen-bond donors (Lipinski definition) is 1. The molecule has 0 saturated carbocycles. The van der Waals surface area contributed by atoms with Gasteiger partial charge in [0.2, 0.25) is 0 Å². The normalized spacial score (nSPS) is 10.1. The van der Waals surface area contributed by atoms with Gasteiger partial charge in [-0.2, -0.15) is 5.26 Å². The molecule has 6 heteroatoms. The number of rotatable bonds is 4. The molecular weight excluding hydrogens is 296 g/mol. The first-order valence-corrected chi connectivity index (χ1v) is 6.84. The van der Waals surface area contributed by atoms with Gasteiger partial charge in [0.1, 0.15) is 11.6 Å². The lowest BCUT2D eigenvalue weighted by molar-refractivity contribution is 0.0696. The second-order valence-corrected chi connectivity index (χ2v) is 5.17. The summed E-state index contributed by atoms with van der Waals surface area (Å²) in [4.78, 5) is 11.0. The molecule has 0 bridgehead atoms. The zero-order chi connectivity index (χ0) is 15.4. The van der Waals surface area contributed by atoms with Gasteiger partial charge in [0.15, 0.2) is 0 Å². The van der Waals surface area contributed by atoms with Gasteiger partial charge >= 0.3 is 5.97 Å². The van der Waals surface area contributed by atoms with Gasteiger partial charge in [-0.15, -0.1) is 11.8 Å². The standard InChI is InChI=1S/C15H9F2NO2S/c16-12-4-3-10(15(19)20)6-14(12)21-8-11-2-1-9(7-18)5-13(11)17/h1-6H,8H2,(H,19,20). The first kappa shape index (κ1) is 15.0. The van der Waals surface area contributed by atoms with Crippen LogP contribution in [0.2, 0.25) is 0 Å². The van der Waals surface area contributed by atoms with E-state index in [-0.39, 0.29) is 21.8 Å². The summed E-state index contributed by atoms with van der Waals surface area (Å²) in [6.07, 6.45) is 0. The van der Waals surface area contributed by atoms with E-state index in [9.17, 15) is 13.6 Å². The fourth-order valence-electron chi connectivity index (χ4n) is 1.64. The quantitative estimate of drug-likeness (QED) is 0.872. The van der Waals surface area contributed by atoms with Crippen LogP contribution in [0.4, 0.5) is 8.78 Å². The summed E-state index contributed by atoms with van der Waals surface area (Å²) >= 11 is 0.998. The van der Waals surface area contributed by atoms with Crippen LogP contribution in [0.15, 0.2) is 41.3 Å². The van der Waals surface area contributed by atoms with Gasteiger partial charge in [0, 0.05) is 10.6 Å². The Morgan fingerprint density at radius 1 is 1.19 bits per heavy atom. The molecule has 0 aliphatic rings. The van der Waals surface area contributed by atoms with E-state index in [0.29, 0.717) is 5.56 Å². The molecule has 0 aliphatic carbocycles. The monoisotopic (exact) mass is 305 g/mol.